The van der Waals surface area contributed by atoms with E-state index >= 15 is 0 Å². The molecule has 8 heteroatoms. The van der Waals surface area contributed by atoms with Gasteiger partial charge < -0.3 is 9.80 Å². The van der Waals surface area contributed by atoms with Crippen molar-refractivity contribution in [1.29, 1.82) is 0 Å². The fourth-order valence-electron chi connectivity index (χ4n) is 2.43. The third kappa shape index (κ3) is 2.11. The van der Waals surface area contributed by atoms with Crippen molar-refractivity contribution in [3.8, 4) is 0 Å². The molecule has 0 spiro atoms. The first-order chi connectivity index (χ1) is 10.2. The molecule has 1 aliphatic heterocycles. The van der Waals surface area contributed by atoms with Crippen molar-refractivity contribution < 1.29 is 0 Å². The van der Waals surface area contributed by atoms with Crippen molar-refractivity contribution in [2.24, 2.45) is 0 Å². The first-order valence-corrected chi connectivity index (χ1v) is 7.65. The first kappa shape index (κ1) is 12.5. The molecule has 4 heterocycles. The van der Waals surface area contributed by atoms with E-state index in [1.807, 2.05) is 19.1 Å². The zero-order chi connectivity index (χ0) is 14.4. The number of aromatic nitrogens is 5. The lowest BCUT2D eigenvalue weighted by Crippen LogP contribution is -2.59. The fourth-order valence-corrected chi connectivity index (χ4v) is 3.27. The van der Waals surface area contributed by atoms with Crippen LogP contribution in [-0.4, -0.2) is 51.0 Å². The molecule has 0 unspecified atom stereocenters. The van der Waals surface area contributed by atoms with Gasteiger partial charge in [0.1, 0.15) is 12.1 Å². The SMILES string of the molecule is Cc1csc(N(C)C2CN(c3ccc4nncn4n3)C2)n1. The van der Waals surface area contributed by atoms with E-state index in [9.17, 15) is 0 Å². The van der Waals surface area contributed by atoms with Gasteiger partial charge in [0.25, 0.3) is 0 Å². The van der Waals surface area contributed by atoms with Gasteiger partial charge in [0.2, 0.25) is 0 Å². The van der Waals surface area contributed by atoms with Gasteiger partial charge in [-0.25, -0.2) is 4.98 Å². The number of nitrogens with zero attached hydrogens (tertiary/aromatic N) is 7. The molecule has 1 aliphatic rings. The van der Waals surface area contributed by atoms with Crippen LogP contribution in [0.5, 0.6) is 0 Å². The molecule has 7 nitrogen and oxygen atoms in total. The van der Waals surface area contributed by atoms with E-state index in [1.165, 1.54) is 0 Å². The summed E-state index contributed by atoms with van der Waals surface area (Å²) in [5.41, 5.74) is 1.85. The van der Waals surface area contributed by atoms with Crippen LogP contribution in [0.25, 0.3) is 5.65 Å². The molecule has 0 atom stereocenters. The lowest BCUT2D eigenvalue weighted by atomic mass is 10.1. The third-order valence-electron chi connectivity index (χ3n) is 3.79. The van der Waals surface area contributed by atoms with Gasteiger partial charge in [-0.2, -0.15) is 4.52 Å². The van der Waals surface area contributed by atoms with Crippen molar-refractivity contribution in [3.63, 3.8) is 0 Å². The molecule has 3 aromatic rings. The Hall–Kier alpha value is -2.22. The van der Waals surface area contributed by atoms with E-state index in [0.717, 1.165) is 35.4 Å². The highest BCUT2D eigenvalue weighted by Crippen LogP contribution is 2.27. The second-order valence-electron chi connectivity index (χ2n) is 5.27. The second-order valence-corrected chi connectivity index (χ2v) is 6.10. The van der Waals surface area contributed by atoms with Crippen molar-refractivity contribution >= 4 is 27.9 Å². The van der Waals surface area contributed by atoms with Gasteiger partial charge in [0.15, 0.2) is 10.8 Å². The maximum absolute atomic E-state index is 4.53. The van der Waals surface area contributed by atoms with Gasteiger partial charge in [-0.05, 0) is 19.1 Å². The molecule has 0 amide bonds. The van der Waals surface area contributed by atoms with Gasteiger partial charge in [-0.15, -0.1) is 26.6 Å². The van der Waals surface area contributed by atoms with Crippen LogP contribution in [0.2, 0.25) is 0 Å². The van der Waals surface area contributed by atoms with Crippen molar-refractivity contribution in [2.45, 2.75) is 13.0 Å². The van der Waals surface area contributed by atoms with Gasteiger partial charge in [-0.1, -0.05) is 0 Å². The Labute approximate surface area is 125 Å². The number of rotatable bonds is 3. The van der Waals surface area contributed by atoms with E-state index in [4.69, 9.17) is 0 Å². The summed E-state index contributed by atoms with van der Waals surface area (Å²) in [5, 5.41) is 15.5. The van der Waals surface area contributed by atoms with Crippen LogP contribution >= 0.6 is 11.3 Å². The minimum atomic E-state index is 0.481. The molecule has 1 fully saturated rings. The zero-order valence-corrected chi connectivity index (χ0v) is 12.7. The van der Waals surface area contributed by atoms with Crippen LogP contribution in [0.3, 0.4) is 0 Å². The van der Waals surface area contributed by atoms with Crippen LogP contribution in [0.1, 0.15) is 5.69 Å². The van der Waals surface area contributed by atoms with Crippen molar-refractivity contribution in [3.05, 3.63) is 29.5 Å². The van der Waals surface area contributed by atoms with Crippen molar-refractivity contribution in [1.82, 2.24) is 24.8 Å². The smallest absolute Gasteiger partial charge is 0.185 e. The lowest BCUT2D eigenvalue weighted by Gasteiger charge is -2.44. The summed E-state index contributed by atoms with van der Waals surface area (Å²) < 4.78 is 1.70. The molecule has 3 aromatic heterocycles. The minimum absolute atomic E-state index is 0.481. The predicted molar refractivity (Wildman–Crippen MR) is 82.0 cm³/mol. The van der Waals surface area contributed by atoms with Crippen LogP contribution in [0.4, 0.5) is 10.9 Å². The summed E-state index contributed by atoms with van der Waals surface area (Å²) in [5.74, 6) is 0.960. The largest absolute Gasteiger partial charge is 0.351 e. The molecule has 0 aromatic carbocycles. The number of thiazole rings is 1. The maximum Gasteiger partial charge on any atom is 0.185 e. The molecular formula is C13H15N7S. The topological polar surface area (TPSA) is 62.5 Å². The number of fused-ring (bicyclic) bond motifs is 1. The molecule has 4 rings (SSSR count). The molecule has 0 N–H and O–H groups in total. The number of anilines is 2. The van der Waals surface area contributed by atoms with Crippen LogP contribution in [0.15, 0.2) is 23.8 Å². The third-order valence-corrected chi connectivity index (χ3v) is 4.84. The Morgan fingerprint density at radius 2 is 2.19 bits per heavy atom. The number of likely N-dealkylation sites (N-methyl/N-ethyl adjacent to an activating group) is 1. The summed E-state index contributed by atoms with van der Waals surface area (Å²) >= 11 is 1.70. The molecule has 0 radical (unpaired) electrons. The summed E-state index contributed by atoms with van der Waals surface area (Å²) in [4.78, 5) is 9.04. The van der Waals surface area contributed by atoms with Gasteiger partial charge in [0, 0.05) is 25.5 Å². The summed E-state index contributed by atoms with van der Waals surface area (Å²) in [6, 6.07) is 4.42. The first-order valence-electron chi connectivity index (χ1n) is 6.78. The summed E-state index contributed by atoms with van der Waals surface area (Å²) in [6.07, 6.45) is 1.63. The van der Waals surface area contributed by atoms with Gasteiger partial charge in [0.05, 0.1) is 11.7 Å². The molecular weight excluding hydrogens is 286 g/mol. The maximum atomic E-state index is 4.53. The fraction of sp³-hybridized carbons (Fsp3) is 0.385. The number of hydrogen-bond donors (Lipinski definition) is 0. The van der Waals surface area contributed by atoms with E-state index in [2.05, 4.69) is 42.5 Å². The minimum Gasteiger partial charge on any atom is -0.351 e. The van der Waals surface area contributed by atoms with Crippen LogP contribution in [-0.2, 0) is 0 Å². The molecule has 0 bridgehead atoms. The number of hydrogen-bond acceptors (Lipinski definition) is 7. The molecule has 108 valence electrons. The van der Waals surface area contributed by atoms with Crippen LogP contribution in [0, 0.1) is 6.92 Å². The quantitative estimate of drug-likeness (QED) is 0.725. The normalized spacial score (nSPS) is 15.4. The van der Waals surface area contributed by atoms with E-state index < -0.39 is 0 Å². The zero-order valence-electron chi connectivity index (χ0n) is 11.8. The Bertz CT molecular complexity index is 774. The molecule has 21 heavy (non-hydrogen) atoms. The number of aryl methyl sites for hydroxylation is 1. The van der Waals surface area contributed by atoms with E-state index in [-0.39, 0.29) is 0 Å². The molecule has 0 aliphatic carbocycles. The summed E-state index contributed by atoms with van der Waals surface area (Å²) in [6.45, 7) is 3.94. The Morgan fingerprint density at radius 3 is 2.95 bits per heavy atom. The average molecular weight is 301 g/mol. The standard InChI is InChI=1S/C13H15N7S/c1-9-7-21-13(15-9)18(2)10-5-19(6-10)12-4-3-11-16-14-8-20(11)17-12/h3-4,7-8,10H,5-6H2,1-2H3. The average Bonchev–Trinajstić information content (AvgIpc) is 3.04. The molecule has 1 saturated heterocycles. The highest BCUT2D eigenvalue weighted by atomic mass is 32.1. The molecule has 0 saturated carbocycles. The predicted octanol–water partition coefficient (Wildman–Crippen LogP) is 1.21. The summed E-state index contributed by atoms with van der Waals surface area (Å²) in [7, 11) is 2.11. The van der Waals surface area contributed by atoms with E-state index in [1.54, 1.807) is 22.2 Å². The second kappa shape index (κ2) is 4.66. The van der Waals surface area contributed by atoms with Crippen LogP contribution < -0.4 is 9.80 Å². The van der Waals surface area contributed by atoms with Gasteiger partial charge in [-0.3, -0.25) is 0 Å². The van der Waals surface area contributed by atoms with Gasteiger partial charge >= 0.3 is 0 Å². The Morgan fingerprint density at radius 1 is 1.33 bits per heavy atom. The lowest BCUT2D eigenvalue weighted by molar-refractivity contribution is 0.489. The highest BCUT2D eigenvalue weighted by Gasteiger charge is 2.32. The van der Waals surface area contributed by atoms with E-state index in [0.29, 0.717) is 6.04 Å². The Balaban J connectivity index is 1.46. The monoisotopic (exact) mass is 301 g/mol. The van der Waals surface area contributed by atoms with Crippen molar-refractivity contribution in [2.75, 3.05) is 29.9 Å². The highest BCUT2D eigenvalue weighted by molar-refractivity contribution is 7.13. The Kier molecular flexibility index (Phi) is 2.78.